The lowest BCUT2D eigenvalue weighted by molar-refractivity contribution is -0.127. The largest absolute Gasteiger partial charge is 0.383 e. The van der Waals surface area contributed by atoms with Crippen LogP contribution in [0.4, 0.5) is 0 Å². The van der Waals surface area contributed by atoms with E-state index >= 15 is 0 Å². The third-order valence-corrected chi connectivity index (χ3v) is 4.93. The molecule has 0 aromatic carbocycles. The fourth-order valence-electron chi connectivity index (χ4n) is 3.17. The van der Waals surface area contributed by atoms with Crippen molar-refractivity contribution in [2.24, 2.45) is 4.99 Å². The standard InChI is InChI=1S/C18H35N5O3/c1-22(2)17(24)14-20-18(19-13-16-5-4-11-26-16)21-15-6-8-23(9-7-15)10-12-25-3/h15-16H,4-14H2,1-3H3,(H2,19,20,21). The van der Waals surface area contributed by atoms with Crippen molar-refractivity contribution in [3.63, 3.8) is 0 Å². The van der Waals surface area contributed by atoms with Crippen LogP contribution in [-0.4, -0.2) is 101 Å². The molecule has 2 fully saturated rings. The van der Waals surface area contributed by atoms with E-state index in [0.717, 1.165) is 65.1 Å². The van der Waals surface area contributed by atoms with Crippen molar-refractivity contribution < 1.29 is 14.3 Å². The molecule has 0 radical (unpaired) electrons. The predicted octanol–water partition coefficient (Wildman–Crippen LogP) is -0.100. The number of hydrogen-bond acceptors (Lipinski definition) is 5. The molecule has 26 heavy (non-hydrogen) atoms. The van der Waals surface area contributed by atoms with E-state index in [2.05, 4.69) is 20.5 Å². The number of aliphatic imine (C=N–C) groups is 1. The molecule has 2 aliphatic heterocycles. The van der Waals surface area contributed by atoms with Crippen LogP contribution >= 0.6 is 0 Å². The Kier molecular flexibility index (Phi) is 9.14. The molecule has 1 atom stereocenters. The number of nitrogens with zero attached hydrogens (tertiary/aromatic N) is 3. The van der Waals surface area contributed by atoms with Gasteiger partial charge in [-0.2, -0.15) is 0 Å². The van der Waals surface area contributed by atoms with E-state index in [1.165, 1.54) is 0 Å². The highest BCUT2D eigenvalue weighted by Gasteiger charge is 2.21. The Morgan fingerprint density at radius 2 is 2.08 bits per heavy atom. The monoisotopic (exact) mass is 369 g/mol. The Hall–Kier alpha value is -1.38. The Morgan fingerprint density at radius 3 is 2.69 bits per heavy atom. The number of carbonyl (C=O) groups is 1. The van der Waals surface area contributed by atoms with E-state index in [-0.39, 0.29) is 18.6 Å². The summed E-state index contributed by atoms with van der Waals surface area (Å²) in [6.45, 7) is 5.59. The van der Waals surface area contributed by atoms with Crippen molar-refractivity contribution in [1.29, 1.82) is 0 Å². The average Bonchev–Trinajstić information content (AvgIpc) is 3.16. The quantitative estimate of drug-likeness (QED) is 0.460. The molecule has 0 aliphatic carbocycles. The van der Waals surface area contributed by atoms with Gasteiger partial charge in [-0.25, -0.2) is 4.99 Å². The SMILES string of the molecule is COCCN1CCC(NC(=NCC(=O)N(C)C)NCC2CCCO2)CC1. The van der Waals surface area contributed by atoms with Crippen LogP contribution in [0.3, 0.4) is 0 Å². The van der Waals surface area contributed by atoms with Gasteiger partial charge in [0, 0.05) is 60.0 Å². The summed E-state index contributed by atoms with van der Waals surface area (Å²) in [6, 6.07) is 0.374. The number of ether oxygens (including phenoxy) is 2. The molecular weight excluding hydrogens is 334 g/mol. The van der Waals surface area contributed by atoms with Gasteiger partial charge < -0.3 is 29.9 Å². The van der Waals surface area contributed by atoms with Crippen LogP contribution in [-0.2, 0) is 14.3 Å². The molecule has 150 valence electrons. The molecule has 0 aromatic heterocycles. The van der Waals surface area contributed by atoms with Crippen molar-refractivity contribution in [3.05, 3.63) is 0 Å². The Balaban J connectivity index is 1.82. The maximum Gasteiger partial charge on any atom is 0.243 e. The molecule has 2 saturated heterocycles. The van der Waals surface area contributed by atoms with Crippen molar-refractivity contribution in [2.75, 3.05) is 67.1 Å². The van der Waals surface area contributed by atoms with Crippen molar-refractivity contribution in [2.45, 2.75) is 37.8 Å². The zero-order valence-electron chi connectivity index (χ0n) is 16.5. The predicted molar refractivity (Wildman–Crippen MR) is 102 cm³/mol. The third kappa shape index (κ3) is 7.47. The number of likely N-dealkylation sites (tertiary alicyclic amines) is 1. The zero-order valence-corrected chi connectivity index (χ0v) is 16.5. The molecular formula is C18H35N5O3. The van der Waals surface area contributed by atoms with Crippen LogP contribution in [0.5, 0.6) is 0 Å². The van der Waals surface area contributed by atoms with Gasteiger partial charge >= 0.3 is 0 Å². The highest BCUT2D eigenvalue weighted by Crippen LogP contribution is 2.11. The molecule has 1 unspecified atom stereocenters. The summed E-state index contributed by atoms with van der Waals surface area (Å²) < 4.78 is 10.8. The van der Waals surface area contributed by atoms with Gasteiger partial charge in [-0.15, -0.1) is 0 Å². The second kappa shape index (κ2) is 11.4. The summed E-state index contributed by atoms with van der Waals surface area (Å²) in [5, 5.41) is 6.86. The number of carbonyl (C=O) groups excluding carboxylic acids is 1. The first-order valence-corrected chi connectivity index (χ1v) is 9.66. The van der Waals surface area contributed by atoms with E-state index in [4.69, 9.17) is 9.47 Å². The summed E-state index contributed by atoms with van der Waals surface area (Å²) in [6.07, 6.45) is 4.56. The summed E-state index contributed by atoms with van der Waals surface area (Å²) >= 11 is 0. The minimum absolute atomic E-state index is 0.00222. The van der Waals surface area contributed by atoms with Gasteiger partial charge in [0.15, 0.2) is 5.96 Å². The Labute approximate surface area is 157 Å². The molecule has 8 heteroatoms. The van der Waals surface area contributed by atoms with Crippen molar-refractivity contribution in [3.8, 4) is 0 Å². The summed E-state index contributed by atoms with van der Waals surface area (Å²) in [7, 11) is 5.24. The molecule has 2 heterocycles. The van der Waals surface area contributed by atoms with E-state index in [1.54, 1.807) is 26.1 Å². The van der Waals surface area contributed by atoms with Crippen LogP contribution in [0.2, 0.25) is 0 Å². The smallest absolute Gasteiger partial charge is 0.243 e. The van der Waals surface area contributed by atoms with Crippen LogP contribution < -0.4 is 10.6 Å². The van der Waals surface area contributed by atoms with Crippen LogP contribution in [0.1, 0.15) is 25.7 Å². The molecule has 2 N–H and O–H groups in total. The molecule has 0 saturated carbocycles. The van der Waals surface area contributed by atoms with Gasteiger partial charge in [-0.1, -0.05) is 0 Å². The maximum absolute atomic E-state index is 11.9. The average molecular weight is 370 g/mol. The highest BCUT2D eigenvalue weighted by molar-refractivity contribution is 5.84. The van der Waals surface area contributed by atoms with E-state index in [9.17, 15) is 4.79 Å². The van der Waals surface area contributed by atoms with Gasteiger partial charge in [0.05, 0.1) is 12.7 Å². The lowest BCUT2D eigenvalue weighted by Gasteiger charge is -2.33. The van der Waals surface area contributed by atoms with E-state index in [0.29, 0.717) is 12.0 Å². The minimum atomic E-state index is -0.00222. The first-order chi connectivity index (χ1) is 12.6. The highest BCUT2D eigenvalue weighted by atomic mass is 16.5. The van der Waals surface area contributed by atoms with Crippen molar-refractivity contribution in [1.82, 2.24) is 20.4 Å². The first-order valence-electron chi connectivity index (χ1n) is 9.66. The van der Waals surface area contributed by atoms with Gasteiger partial charge in [-0.05, 0) is 25.7 Å². The maximum atomic E-state index is 11.9. The normalized spacial score (nSPS) is 22.4. The number of guanidine groups is 1. The van der Waals surface area contributed by atoms with E-state index < -0.39 is 0 Å². The van der Waals surface area contributed by atoms with Gasteiger partial charge in [0.25, 0.3) is 0 Å². The Bertz CT molecular complexity index is 444. The lowest BCUT2D eigenvalue weighted by atomic mass is 10.1. The Morgan fingerprint density at radius 1 is 1.31 bits per heavy atom. The molecule has 2 aliphatic rings. The molecule has 8 nitrogen and oxygen atoms in total. The molecule has 1 amide bonds. The molecule has 0 aromatic rings. The summed E-state index contributed by atoms with van der Waals surface area (Å²) in [4.78, 5) is 20.3. The van der Waals surface area contributed by atoms with Crippen LogP contribution in [0, 0.1) is 0 Å². The van der Waals surface area contributed by atoms with Crippen LogP contribution in [0.25, 0.3) is 0 Å². The number of rotatable bonds is 8. The fraction of sp³-hybridized carbons (Fsp3) is 0.889. The van der Waals surface area contributed by atoms with Gasteiger partial charge in [-0.3, -0.25) is 4.79 Å². The lowest BCUT2D eigenvalue weighted by Crippen LogP contribution is -2.50. The fourth-order valence-corrected chi connectivity index (χ4v) is 3.17. The zero-order chi connectivity index (χ0) is 18.8. The third-order valence-electron chi connectivity index (χ3n) is 4.93. The molecule has 2 rings (SSSR count). The van der Waals surface area contributed by atoms with Gasteiger partial charge in [0.1, 0.15) is 6.54 Å². The number of likely N-dealkylation sites (N-methyl/N-ethyl adjacent to an activating group) is 1. The number of hydrogen-bond donors (Lipinski definition) is 2. The number of amides is 1. The first kappa shape index (κ1) is 20.9. The second-order valence-electron chi connectivity index (χ2n) is 7.22. The summed E-state index contributed by atoms with van der Waals surface area (Å²) in [5.41, 5.74) is 0. The van der Waals surface area contributed by atoms with Crippen molar-refractivity contribution >= 4 is 11.9 Å². The topological polar surface area (TPSA) is 78.4 Å². The summed E-state index contributed by atoms with van der Waals surface area (Å²) in [5.74, 6) is 0.712. The number of methoxy groups -OCH3 is 1. The molecule has 0 bridgehead atoms. The molecule has 0 spiro atoms. The minimum Gasteiger partial charge on any atom is -0.383 e. The second-order valence-corrected chi connectivity index (χ2v) is 7.22. The van der Waals surface area contributed by atoms with E-state index in [1.807, 2.05) is 0 Å². The van der Waals surface area contributed by atoms with Gasteiger partial charge in [0.2, 0.25) is 5.91 Å². The van der Waals surface area contributed by atoms with Crippen LogP contribution in [0.15, 0.2) is 4.99 Å². The number of nitrogens with one attached hydrogen (secondary N) is 2. The number of piperidine rings is 1.